The molecule has 0 heterocycles. The normalized spacial score (nSPS) is 10.4. The van der Waals surface area contributed by atoms with Gasteiger partial charge < -0.3 is 14.6 Å². The fourth-order valence-corrected chi connectivity index (χ4v) is 3.24. The van der Waals surface area contributed by atoms with E-state index >= 15 is 0 Å². The van der Waals surface area contributed by atoms with Crippen molar-refractivity contribution in [1.29, 1.82) is 0 Å². The molecule has 3 nitrogen and oxygen atoms in total. The molecule has 4 heteroatoms. The van der Waals surface area contributed by atoms with Crippen molar-refractivity contribution in [2.45, 2.75) is 96.8 Å². The van der Waals surface area contributed by atoms with Gasteiger partial charge in [0.2, 0.25) is 0 Å². The predicted octanol–water partition coefficient (Wildman–Crippen LogP) is 2.91. The molecule has 0 aliphatic heterocycles. The number of carboxylic acids is 1. The van der Waals surface area contributed by atoms with E-state index in [-0.39, 0.29) is 35.1 Å². The molecular formula is C23H37NaO3. The summed E-state index contributed by atoms with van der Waals surface area (Å²) in [5, 5.41) is 11.0. The molecular weight excluding hydrogens is 347 g/mol. The molecule has 1 rings (SSSR count). The number of unbranched alkanes of at least 4 members (excludes halogenated alkanes) is 13. The van der Waals surface area contributed by atoms with E-state index in [1.807, 2.05) is 0 Å². The number of carboxylic acid groups (broad SMARTS) is 1. The molecule has 0 aromatic heterocycles. The van der Waals surface area contributed by atoms with Crippen LogP contribution >= 0.6 is 0 Å². The zero-order valence-electron chi connectivity index (χ0n) is 17.6. The molecule has 0 saturated carbocycles. The minimum absolute atomic E-state index is 0. The molecule has 0 unspecified atom stereocenters. The first kappa shape index (κ1) is 26.5. The summed E-state index contributed by atoms with van der Waals surface area (Å²) in [4.78, 5) is 11.0. The van der Waals surface area contributed by atoms with E-state index < -0.39 is 5.97 Å². The van der Waals surface area contributed by atoms with Gasteiger partial charge in [-0.1, -0.05) is 103 Å². The van der Waals surface area contributed by atoms with Crippen LogP contribution in [0.2, 0.25) is 0 Å². The van der Waals surface area contributed by atoms with Gasteiger partial charge in [-0.3, -0.25) is 0 Å². The summed E-state index contributed by atoms with van der Waals surface area (Å²) in [6, 6.07) is 6.68. The molecule has 0 aliphatic carbocycles. The molecule has 0 aliphatic rings. The number of aromatic carboxylic acids is 1. The second-order valence-electron chi connectivity index (χ2n) is 7.23. The van der Waals surface area contributed by atoms with Crippen molar-refractivity contribution in [3.63, 3.8) is 0 Å². The van der Waals surface area contributed by atoms with Crippen LogP contribution in [0.3, 0.4) is 0 Å². The first-order valence-electron chi connectivity index (χ1n) is 10.7. The maximum atomic E-state index is 11.0. The zero-order valence-corrected chi connectivity index (χ0v) is 19.6. The molecule has 1 aromatic carbocycles. The molecule has 0 atom stereocenters. The van der Waals surface area contributed by atoms with Crippen molar-refractivity contribution in [1.82, 2.24) is 0 Å². The maximum absolute atomic E-state index is 11.0. The molecule has 0 bridgehead atoms. The second kappa shape index (κ2) is 18.8. The van der Waals surface area contributed by atoms with Gasteiger partial charge in [0.05, 0.1) is 12.6 Å². The summed E-state index contributed by atoms with van der Waals surface area (Å²) < 4.78 is 5.58. The number of ether oxygens (including phenoxy) is 1. The smallest absolute Gasteiger partial charge is 0.545 e. The summed E-state index contributed by atoms with van der Waals surface area (Å²) in [7, 11) is 0. The Morgan fingerprint density at radius 2 is 1.22 bits per heavy atom. The number of carbonyl (C=O) groups excluding carboxylic acids is 1. The quantitative estimate of drug-likeness (QED) is 0.306. The third-order valence-electron chi connectivity index (χ3n) is 4.86. The van der Waals surface area contributed by atoms with Crippen LogP contribution in [0, 0.1) is 0 Å². The number of carbonyl (C=O) groups is 1. The van der Waals surface area contributed by atoms with Crippen molar-refractivity contribution in [3.8, 4) is 5.75 Å². The van der Waals surface area contributed by atoms with E-state index in [0.717, 1.165) is 12.8 Å². The molecule has 0 fully saturated rings. The molecule has 148 valence electrons. The van der Waals surface area contributed by atoms with Crippen LogP contribution in [0.25, 0.3) is 0 Å². The van der Waals surface area contributed by atoms with Gasteiger partial charge in [0.1, 0.15) is 5.75 Å². The van der Waals surface area contributed by atoms with Gasteiger partial charge in [-0.15, -0.1) is 0 Å². The van der Waals surface area contributed by atoms with Crippen LogP contribution in [0.15, 0.2) is 24.3 Å². The summed E-state index contributed by atoms with van der Waals surface area (Å²) >= 11 is 0. The Labute approximate surface area is 188 Å². The Morgan fingerprint density at radius 3 is 1.70 bits per heavy atom. The van der Waals surface area contributed by atoms with Crippen LogP contribution in [0.1, 0.15) is 107 Å². The molecule has 0 spiro atoms. The molecule has 0 saturated heterocycles. The Morgan fingerprint density at radius 1 is 0.778 bits per heavy atom. The molecule has 0 N–H and O–H groups in total. The third-order valence-corrected chi connectivity index (χ3v) is 4.86. The van der Waals surface area contributed by atoms with Crippen LogP contribution in [0.4, 0.5) is 0 Å². The van der Waals surface area contributed by atoms with Crippen LogP contribution in [-0.2, 0) is 0 Å². The Kier molecular flexibility index (Phi) is 18.5. The summed E-state index contributed by atoms with van der Waals surface area (Å²) in [6.45, 7) is 2.84. The van der Waals surface area contributed by atoms with Crippen LogP contribution < -0.4 is 39.4 Å². The van der Waals surface area contributed by atoms with Crippen molar-refractivity contribution in [3.05, 3.63) is 29.8 Å². The van der Waals surface area contributed by atoms with Crippen LogP contribution in [0.5, 0.6) is 5.75 Å². The van der Waals surface area contributed by atoms with E-state index in [1.54, 1.807) is 18.2 Å². The molecule has 0 radical (unpaired) electrons. The first-order valence-corrected chi connectivity index (χ1v) is 10.7. The number of hydrogen-bond acceptors (Lipinski definition) is 3. The van der Waals surface area contributed by atoms with Gasteiger partial charge in [-0.25, -0.2) is 0 Å². The van der Waals surface area contributed by atoms with Gasteiger partial charge in [0, 0.05) is 5.56 Å². The molecule has 27 heavy (non-hydrogen) atoms. The van der Waals surface area contributed by atoms with Gasteiger partial charge in [-0.2, -0.15) is 0 Å². The maximum Gasteiger partial charge on any atom is 1.00 e. The number of hydrogen-bond donors (Lipinski definition) is 0. The van der Waals surface area contributed by atoms with Gasteiger partial charge in [0.15, 0.2) is 0 Å². The van der Waals surface area contributed by atoms with E-state index in [1.165, 1.54) is 83.1 Å². The van der Waals surface area contributed by atoms with E-state index in [2.05, 4.69) is 6.92 Å². The van der Waals surface area contributed by atoms with E-state index in [4.69, 9.17) is 4.74 Å². The predicted molar refractivity (Wildman–Crippen MR) is 107 cm³/mol. The van der Waals surface area contributed by atoms with Crippen molar-refractivity contribution in [2.24, 2.45) is 0 Å². The third kappa shape index (κ3) is 14.2. The SMILES string of the molecule is CCCCCCCCCCCCCCCCOc1ccccc1C(=O)[O-].[Na+]. The Hall–Kier alpha value is -0.510. The summed E-state index contributed by atoms with van der Waals surface area (Å²) in [5.74, 6) is -0.760. The van der Waals surface area contributed by atoms with E-state index in [0.29, 0.717) is 12.4 Å². The number of para-hydroxylation sites is 1. The molecule has 1 aromatic rings. The average molecular weight is 385 g/mol. The van der Waals surface area contributed by atoms with Crippen molar-refractivity contribution >= 4 is 5.97 Å². The first-order chi connectivity index (χ1) is 12.8. The average Bonchev–Trinajstić information content (AvgIpc) is 2.65. The zero-order chi connectivity index (χ0) is 18.9. The van der Waals surface area contributed by atoms with Crippen molar-refractivity contribution in [2.75, 3.05) is 6.61 Å². The standard InChI is InChI=1S/C23H38O3.Na/c1-2-3-4-5-6-7-8-9-10-11-12-13-14-17-20-26-22-19-16-15-18-21(22)23(24)25;/h15-16,18-19H,2-14,17,20H2,1H3,(H,24,25);/q;+1/p-1. The fraction of sp³-hybridized carbons (Fsp3) is 0.696. The molecule has 0 amide bonds. The van der Waals surface area contributed by atoms with Gasteiger partial charge in [-0.05, 0) is 18.6 Å². The minimum Gasteiger partial charge on any atom is -0.545 e. The number of rotatable bonds is 17. The summed E-state index contributed by atoms with van der Waals surface area (Å²) in [6.07, 6.45) is 18.5. The minimum atomic E-state index is -1.18. The Balaban J connectivity index is 0.00000676. The monoisotopic (exact) mass is 384 g/mol. The summed E-state index contributed by atoms with van der Waals surface area (Å²) in [5.41, 5.74) is 0.137. The largest absolute Gasteiger partial charge is 1.00 e. The second-order valence-corrected chi connectivity index (χ2v) is 7.23. The fourth-order valence-electron chi connectivity index (χ4n) is 3.24. The Bertz CT molecular complexity index is 476. The number of benzene rings is 1. The van der Waals surface area contributed by atoms with E-state index in [9.17, 15) is 9.90 Å². The van der Waals surface area contributed by atoms with Crippen molar-refractivity contribution < 1.29 is 44.2 Å². The van der Waals surface area contributed by atoms with Crippen LogP contribution in [-0.4, -0.2) is 12.6 Å². The van der Waals surface area contributed by atoms with Gasteiger partial charge in [0.25, 0.3) is 0 Å². The topological polar surface area (TPSA) is 49.4 Å². The van der Waals surface area contributed by atoms with Gasteiger partial charge >= 0.3 is 29.6 Å².